The Balaban J connectivity index is 1.97. The van der Waals surface area contributed by atoms with Crippen molar-refractivity contribution < 1.29 is 18.7 Å². The summed E-state index contributed by atoms with van der Waals surface area (Å²) in [6.07, 6.45) is -0.981. The molecular formula is C19H18FNO3. The fourth-order valence-corrected chi connectivity index (χ4v) is 3.13. The number of hydrogen-bond donors (Lipinski definition) is 0. The normalized spacial score (nSPS) is 21.1. The van der Waals surface area contributed by atoms with E-state index in [0.717, 1.165) is 5.56 Å². The molecule has 1 heterocycles. The standard InChI is InChI=1S/C19H18FNO3/c1-12(14-8-4-3-5-9-14)21-17(15-10-6-7-11-16(15)20)18(19(21)23)24-13(2)22/h3-12,17-18H,1-2H3. The Morgan fingerprint density at radius 1 is 1.12 bits per heavy atom. The van der Waals surface area contributed by atoms with Crippen molar-refractivity contribution in [2.24, 2.45) is 0 Å². The molecule has 2 aromatic carbocycles. The van der Waals surface area contributed by atoms with Crippen LogP contribution < -0.4 is 0 Å². The van der Waals surface area contributed by atoms with Crippen LogP contribution in [-0.4, -0.2) is 22.9 Å². The summed E-state index contributed by atoms with van der Waals surface area (Å²) in [7, 11) is 0. The molecule has 124 valence electrons. The summed E-state index contributed by atoms with van der Waals surface area (Å²) >= 11 is 0. The van der Waals surface area contributed by atoms with Crippen molar-refractivity contribution in [3.8, 4) is 0 Å². The van der Waals surface area contributed by atoms with Gasteiger partial charge in [-0.2, -0.15) is 0 Å². The lowest BCUT2D eigenvalue weighted by molar-refractivity contribution is -0.187. The Hall–Kier alpha value is -2.69. The quantitative estimate of drug-likeness (QED) is 0.639. The van der Waals surface area contributed by atoms with Crippen molar-refractivity contribution in [1.29, 1.82) is 0 Å². The molecule has 0 saturated carbocycles. The van der Waals surface area contributed by atoms with Crippen LogP contribution in [0.2, 0.25) is 0 Å². The SMILES string of the molecule is CC(=O)OC1C(=O)N(C(C)c2ccccc2)C1c1ccccc1F. The van der Waals surface area contributed by atoms with Gasteiger partial charge in [-0.15, -0.1) is 0 Å². The van der Waals surface area contributed by atoms with Gasteiger partial charge in [-0.1, -0.05) is 48.5 Å². The topological polar surface area (TPSA) is 46.6 Å². The van der Waals surface area contributed by atoms with E-state index in [-0.39, 0.29) is 11.9 Å². The number of likely N-dealkylation sites (tertiary alicyclic amines) is 1. The van der Waals surface area contributed by atoms with Gasteiger partial charge in [0.25, 0.3) is 5.91 Å². The molecule has 2 aromatic rings. The first-order chi connectivity index (χ1) is 11.5. The summed E-state index contributed by atoms with van der Waals surface area (Å²) in [5, 5.41) is 0. The fourth-order valence-electron chi connectivity index (χ4n) is 3.13. The van der Waals surface area contributed by atoms with E-state index >= 15 is 0 Å². The van der Waals surface area contributed by atoms with Crippen molar-refractivity contribution >= 4 is 11.9 Å². The number of nitrogens with zero attached hydrogens (tertiary/aromatic N) is 1. The van der Waals surface area contributed by atoms with Gasteiger partial charge in [-0.05, 0) is 18.6 Å². The summed E-state index contributed by atoms with van der Waals surface area (Å²) in [5.74, 6) is -1.28. The Kier molecular flexibility index (Phi) is 4.34. The smallest absolute Gasteiger partial charge is 0.303 e. The number of carbonyl (C=O) groups excluding carboxylic acids is 2. The molecule has 1 aliphatic heterocycles. The third-order valence-corrected chi connectivity index (χ3v) is 4.30. The zero-order valence-corrected chi connectivity index (χ0v) is 13.5. The maximum Gasteiger partial charge on any atom is 0.303 e. The first kappa shape index (κ1) is 16.2. The van der Waals surface area contributed by atoms with E-state index in [9.17, 15) is 14.0 Å². The third kappa shape index (κ3) is 2.77. The highest BCUT2D eigenvalue weighted by Gasteiger charge is 2.53. The van der Waals surface area contributed by atoms with Crippen LogP contribution in [0.4, 0.5) is 4.39 Å². The van der Waals surface area contributed by atoms with Gasteiger partial charge in [0.2, 0.25) is 6.10 Å². The van der Waals surface area contributed by atoms with Crippen LogP contribution in [0, 0.1) is 5.82 Å². The minimum Gasteiger partial charge on any atom is -0.450 e. The fraction of sp³-hybridized carbons (Fsp3) is 0.263. The molecule has 0 spiro atoms. The van der Waals surface area contributed by atoms with E-state index in [1.54, 1.807) is 23.1 Å². The number of rotatable bonds is 4. The summed E-state index contributed by atoms with van der Waals surface area (Å²) in [5.41, 5.74) is 1.29. The number of ether oxygens (including phenoxy) is 1. The van der Waals surface area contributed by atoms with Crippen LogP contribution in [0.1, 0.15) is 37.1 Å². The van der Waals surface area contributed by atoms with Gasteiger partial charge in [-0.3, -0.25) is 9.59 Å². The van der Waals surface area contributed by atoms with Crippen molar-refractivity contribution in [2.75, 3.05) is 0 Å². The summed E-state index contributed by atoms with van der Waals surface area (Å²) in [4.78, 5) is 25.4. The van der Waals surface area contributed by atoms with E-state index < -0.39 is 23.9 Å². The minimum atomic E-state index is -0.981. The molecule has 3 atom stereocenters. The van der Waals surface area contributed by atoms with Gasteiger partial charge in [0, 0.05) is 12.5 Å². The molecule has 4 nitrogen and oxygen atoms in total. The maximum absolute atomic E-state index is 14.3. The molecule has 1 saturated heterocycles. The monoisotopic (exact) mass is 327 g/mol. The number of amides is 1. The molecule has 0 aromatic heterocycles. The Labute approximate surface area is 139 Å². The highest BCUT2D eigenvalue weighted by atomic mass is 19.1. The van der Waals surface area contributed by atoms with Gasteiger partial charge in [-0.25, -0.2) is 4.39 Å². The van der Waals surface area contributed by atoms with Crippen LogP contribution in [0.3, 0.4) is 0 Å². The predicted octanol–water partition coefficient (Wildman–Crippen LogP) is 3.40. The number of carbonyl (C=O) groups is 2. The number of β-lactam (4-membered cyclic amide) rings is 1. The molecule has 0 bridgehead atoms. The summed E-state index contributed by atoms with van der Waals surface area (Å²) in [6, 6.07) is 14.9. The second-order valence-electron chi connectivity index (χ2n) is 5.83. The zero-order chi connectivity index (χ0) is 17.3. The largest absolute Gasteiger partial charge is 0.450 e. The minimum absolute atomic E-state index is 0.255. The van der Waals surface area contributed by atoms with Crippen LogP contribution in [0.25, 0.3) is 0 Å². The molecule has 1 amide bonds. The molecule has 0 N–H and O–H groups in total. The van der Waals surface area contributed by atoms with Crippen molar-refractivity contribution in [1.82, 2.24) is 4.90 Å². The molecule has 3 unspecified atom stereocenters. The van der Waals surface area contributed by atoms with Crippen LogP contribution in [-0.2, 0) is 14.3 Å². The van der Waals surface area contributed by atoms with Gasteiger partial charge < -0.3 is 9.64 Å². The van der Waals surface area contributed by atoms with Gasteiger partial charge in [0.15, 0.2) is 0 Å². The van der Waals surface area contributed by atoms with Crippen molar-refractivity contribution in [3.63, 3.8) is 0 Å². The van der Waals surface area contributed by atoms with Crippen molar-refractivity contribution in [2.45, 2.75) is 32.0 Å². The molecule has 24 heavy (non-hydrogen) atoms. The second-order valence-corrected chi connectivity index (χ2v) is 5.83. The Morgan fingerprint density at radius 3 is 2.38 bits per heavy atom. The molecular weight excluding hydrogens is 309 g/mol. The molecule has 0 aliphatic carbocycles. The average molecular weight is 327 g/mol. The highest BCUT2D eigenvalue weighted by Crippen LogP contribution is 2.43. The average Bonchev–Trinajstić information content (AvgIpc) is 2.58. The number of benzene rings is 2. The summed E-state index contributed by atoms with van der Waals surface area (Å²) in [6.45, 7) is 3.13. The van der Waals surface area contributed by atoms with E-state index in [1.807, 2.05) is 37.3 Å². The maximum atomic E-state index is 14.3. The lowest BCUT2D eigenvalue weighted by atomic mass is 9.87. The molecule has 1 aliphatic rings. The van der Waals surface area contributed by atoms with Gasteiger partial charge in [0.05, 0.1) is 6.04 Å². The van der Waals surface area contributed by atoms with E-state index in [4.69, 9.17) is 4.74 Å². The van der Waals surface area contributed by atoms with Gasteiger partial charge in [0.1, 0.15) is 11.9 Å². The first-order valence-electron chi connectivity index (χ1n) is 7.79. The van der Waals surface area contributed by atoms with E-state index in [1.165, 1.54) is 13.0 Å². The third-order valence-electron chi connectivity index (χ3n) is 4.30. The molecule has 0 radical (unpaired) electrons. The van der Waals surface area contributed by atoms with E-state index in [2.05, 4.69) is 0 Å². The number of hydrogen-bond acceptors (Lipinski definition) is 3. The van der Waals surface area contributed by atoms with Crippen LogP contribution in [0.15, 0.2) is 54.6 Å². The number of esters is 1. The molecule has 1 fully saturated rings. The summed E-state index contributed by atoms with van der Waals surface area (Å²) < 4.78 is 19.4. The predicted molar refractivity (Wildman–Crippen MR) is 86.4 cm³/mol. The van der Waals surface area contributed by atoms with Crippen LogP contribution in [0.5, 0.6) is 0 Å². The van der Waals surface area contributed by atoms with Crippen molar-refractivity contribution in [3.05, 3.63) is 71.5 Å². The Bertz CT molecular complexity index is 762. The van der Waals surface area contributed by atoms with Crippen LogP contribution >= 0.6 is 0 Å². The second kappa shape index (κ2) is 6.43. The highest BCUT2D eigenvalue weighted by molar-refractivity contribution is 5.91. The number of halogens is 1. The zero-order valence-electron chi connectivity index (χ0n) is 13.5. The van der Waals surface area contributed by atoms with Gasteiger partial charge >= 0.3 is 5.97 Å². The van der Waals surface area contributed by atoms with E-state index in [0.29, 0.717) is 5.56 Å². The lowest BCUT2D eigenvalue weighted by Crippen LogP contribution is -2.61. The lowest BCUT2D eigenvalue weighted by Gasteiger charge is -2.49. The molecule has 5 heteroatoms. The Morgan fingerprint density at radius 2 is 1.75 bits per heavy atom. The first-order valence-corrected chi connectivity index (χ1v) is 7.79. The molecule has 3 rings (SSSR count).